The molecule has 3 aromatic rings. The average Bonchev–Trinajstić information content (AvgIpc) is 3.18. The van der Waals surface area contributed by atoms with Crippen molar-refractivity contribution >= 4 is 23.5 Å². The molecule has 1 fully saturated rings. The Labute approximate surface area is 195 Å². The topological polar surface area (TPSA) is 107 Å². The van der Waals surface area contributed by atoms with E-state index >= 15 is 0 Å². The lowest BCUT2D eigenvalue weighted by molar-refractivity contribution is -0.113. The van der Waals surface area contributed by atoms with Crippen LogP contribution in [0.1, 0.15) is 60.5 Å². The maximum absolute atomic E-state index is 13.3. The number of rotatable bonds is 3. The molecule has 9 nitrogen and oxygen atoms in total. The van der Waals surface area contributed by atoms with E-state index < -0.39 is 0 Å². The van der Waals surface area contributed by atoms with Gasteiger partial charge in [-0.2, -0.15) is 5.10 Å². The molecule has 10 heteroatoms. The van der Waals surface area contributed by atoms with E-state index in [1.54, 1.807) is 10.9 Å². The molecule has 5 rings (SSSR count). The molecule has 5 heterocycles. The number of amides is 1. The van der Waals surface area contributed by atoms with Crippen LogP contribution in [0, 0.1) is 13.8 Å². The highest BCUT2D eigenvalue weighted by molar-refractivity contribution is 8.00. The van der Waals surface area contributed by atoms with Gasteiger partial charge in [-0.1, -0.05) is 6.07 Å². The molecule has 0 unspecified atom stereocenters. The molecular weight excluding hydrogens is 440 g/mol. The second-order valence-corrected chi connectivity index (χ2v) is 10.3. The van der Waals surface area contributed by atoms with E-state index in [-0.39, 0.29) is 34.1 Å². The van der Waals surface area contributed by atoms with E-state index in [0.717, 1.165) is 29.8 Å². The number of carbonyl (C=O) groups is 1. The Bertz CT molecular complexity index is 1260. The van der Waals surface area contributed by atoms with Gasteiger partial charge in [0.2, 0.25) is 5.91 Å². The normalized spacial score (nSPS) is 22.5. The Morgan fingerprint density at radius 2 is 2.03 bits per heavy atom. The van der Waals surface area contributed by atoms with E-state index in [9.17, 15) is 9.59 Å². The lowest BCUT2D eigenvalue weighted by Crippen LogP contribution is -2.36. The van der Waals surface area contributed by atoms with Gasteiger partial charge in [0, 0.05) is 24.1 Å². The van der Waals surface area contributed by atoms with Gasteiger partial charge in [-0.15, -0.1) is 11.8 Å². The lowest BCUT2D eigenvalue weighted by Gasteiger charge is -2.36. The van der Waals surface area contributed by atoms with Crippen LogP contribution in [0.3, 0.4) is 0 Å². The van der Waals surface area contributed by atoms with Crippen LogP contribution in [-0.2, 0) is 9.53 Å². The second kappa shape index (κ2) is 8.18. The van der Waals surface area contributed by atoms with E-state index in [4.69, 9.17) is 9.84 Å². The number of nitrogens with one attached hydrogen (secondary N) is 2. The maximum atomic E-state index is 13.3. The van der Waals surface area contributed by atoms with Crippen molar-refractivity contribution in [3.63, 3.8) is 0 Å². The van der Waals surface area contributed by atoms with Crippen LogP contribution >= 0.6 is 11.8 Å². The number of aromatic amines is 1. The molecule has 3 aromatic heterocycles. The molecule has 2 aliphatic rings. The van der Waals surface area contributed by atoms with E-state index in [0.29, 0.717) is 23.8 Å². The van der Waals surface area contributed by atoms with Gasteiger partial charge in [-0.05, 0) is 52.7 Å². The third-order valence-electron chi connectivity index (χ3n) is 6.38. The maximum Gasteiger partial charge on any atom is 0.270 e. The minimum absolute atomic E-state index is 0.0349. The summed E-state index contributed by atoms with van der Waals surface area (Å²) in [5.74, 6) is 1.42. The minimum atomic E-state index is -0.325. The Hall–Kier alpha value is -2.85. The number of nitrogens with zero attached hydrogens (tertiary/aromatic N) is 4. The van der Waals surface area contributed by atoms with Gasteiger partial charge in [0.15, 0.2) is 5.82 Å². The van der Waals surface area contributed by atoms with Gasteiger partial charge < -0.3 is 10.1 Å². The van der Waals surface area contributed by atoms with Gasteiger partial charge in [-0.3, -0.25) is 19.4 Å². The van der Waals surface area contributed by atoms with Crippen molar-refractivity contribution < 1.29 is 9.53 Å². The zero-order valence-electron chi connectivity index (χ0n) is 19.2. The summed E-state index contributed by atoms with van der Waals surface area (Å²) < 4.78 is 9.52. The lowest BCUT2D eigenvalue weighted by atomic mass is 9.94. The molecule has 0 aliphatic carbocycles. The molecule has 0 bridgehead atoms. The van der Waals surface area contributed by atoms with Crippen LogP contribution < -0.4 is 10.9 Å². The number of aryl methyl sites for hydroxylation is 1. The first-order valence-corrected chi connectivity index (χ1v) is 12.2. The quantitative estimate of drug-likeness (QED) is 0.611. The molecule has 1 amide bonds. The molecule has 0 saturated carbocycles. The van der Waals surface area contributed by atoms with Crippen molar-refractivity contribution in [2.45, 2.75) is 57.4 Å². The molecule has 0 aromatic carbocycles. The van der Waals surface area contributed by atoms with Gasteiger partial charge in [0.25, 0.3) is 5.56 Å². The predicted octanol–water partition coefficient (Wildman–Crippen LogP) is 3.28. The zero-order chi connectivity index (χ0) is 23.3. The summed E-state index contributed by atoms with van der Waals surface area (Å²) in [6.45, 7) is 8.63. The number of pyridine rings is 1. The summed E-state index contributed by atoms with van der Waals surface area (Å²) in [7, 11) is 0. The number of H-pyrrole nitrogens is 1. The highest BCUT2D eigenvalue weighted by atomic mass is 32.2. The Kier molecular flexibility index (Phi) is 5.44. The summed E-state index contributed by atoms with van der Waals surface area (Å²) in [4.78, 5) is 30.4. The van der Waals surface area contributed by atoms with Crippen LogP contribution in [0.2, 0.25) is 0 Å². The van der Waals surface area contributed by atoms with Crippen LogP contribution in [0.5, 0.6) is 0 Å². The smallest absolute Gasteiger partial charge is 0.270 e. The van der Waals surface area contributed by atoms with Gasteiger partial charge in [0.1, 0.15) is 5.82 Å². The molecule has 2 aliphatic heterocycles. The summed E-state index contributed by atoms with van der Waals surface area (Å²) >= 11 is 1.45. The number of aromatic nitrogens is 5. The fourth-order valence-corrected chi connectivity index (χ4v) is 6.19. The van der Waals surface area contributed by atoms with Crippen molar-refractivity contribution in [3.8, 4) is 5.82 Å². The summed E-state index contributed by atoms with van der Waals surface area (Å²) in [5.41, 5.74) is 2.76. The number of carbonyl (C=O) groups excluding carboxylic acids is 1. The number of thioether (sulfide) groups is 1. The van der Waals surface area contributed by atoms with Crippen molar-refractivity contribution in [1.29, 1.82) is 0 Å². The predicted molar refractivity (Wildman–Crippen MR) is 127 cm³/mol. The van der Waals surface area contributed by atoms with E-state index in [1.807, 2.05) is 36.7 Å². The SMILES string of the molecule is Cc1nn(-c2ccccn2)c(C)c1[C@@H]1SCC(=O)Nc2c1c(=O)[nH]n2[C@H]1CCOC(C)(C)C1. The first-order chi connectivity index (χ1) is 15.7. The van der Waals surface area contributed by atoms with E-state index in [2.05, 4.69) is 29.2 Å². The number of fused-ring (bicyclic) bond motifs is 1. The van der Waals surface area contributed by atoms with Crippen molar-refractivity contribution in [3.05, 3.63) is 57.3 Å². The van der Waals surface area contributed by atoms with E-state index in [1.165, 1.54) is 11.8 Å². The Balaban J connectivity index is 1.63. The molecule has 1 saturated heterocycles. The average molecular weight is 469 g/mol. The zero-order valence-corrected chi connectivity index (χ0v) is 20.0. The molecular formula is C23H28N6O3S. The van der Waals surface area contributed by atoms with Crippen LogP contribution in [0.25, 0.3) is 5.82 Å². The van der Waals surface area contributed by atoms with Crippen LogP contribution in [0.15, 0.2) is 29.2 Å². The number of hydrogen-bond donors (Lipinski definition) is 2. The number of anilines is 1. The largest absolute Gasteiger partial charge is 0.375 e. The Morgan fingerprint density at radius 1 is 1.21 bits per heavy atom. The molecule has 2 N–H and O–H groups in total. The van der Waals surface area contributed by atoms with Gasteiger partial charge >= 0.3 is 0 Å². The van der Waals surface area contributed by atoms with Crippen LogP contribution in [-0.4, -0.2) is 48.4 Å². The molecule has 2 atom stereocenters. The van der Waals surface area contributed by atoms with Crippen LogP contribution in [0.4, 0.5) is 5.82 Å². The monoisotopic (exact) mass is 468 g/mol. The molecule has 0 radical (unpaired) electrons. The molecule has 0 spiro atoms. The molecule has 33 heavy (non-hydrogen) atoms. The third kappa shape index (κ3) is 3.91. The fraction of sp³-hybridized carbons (Fsp3) is 0.478. The summed E-state index contributed by atoms with van der Waals surface area (Å²) in [6.07, 6.45) is 3.24. The Morgan fingerprint density at radius 3 is 2.76 bits per heavy atom. The van der Waals surface area contributed by atoms with Gasteiger partial charge in [-0.25, -0.2) is 9.67 Å². The highest BCUT2D eigenvalue weighted by Gasteiger charge is 2.37. The van der Waals surface area contributed by atoms with Gasteiger partial charge in [0.05, 0.1) is 33.9 Å². The standard InChI is InChI=1S/C23H28N6O3S/c1-13-18(14(2)28(26-13)16-7-5-6-9-24-16)20-19-21(25-17(30)12-33-20)29(27-22(19)31)15-8-10-32-23(3,4)11-15/h5-7,9,15,20H,8,10-12H2,1-4H3,(H,25,30)(H,27,31)/t15-,20-/m0/s1. The summed E-state index contributed by atoms with van der Waals surface area (Å²) in [6, 6.07) is 5.71. The first kappa shape index (κ1) is 22.0. The fourth-order valence-electron chi connectivity index (χ4n) is 4.90. The second-order valence-electron chi connectivity index (χ2n) is 9.25. The van der Waals surface area contributed by atoms with Crippen molar-refractivity contribution in [1.82, 2.24) is 24.5 Å². The van der Waals surface area contributed by atoms with Crippen molar-refractivity contribution in [2.24, 2.45) is 0 Å². The first-order valence-electron chi connectivity index (χ1n) is 11.1. The molecule has 174 valence electrons. The highest BCUT2D eigenvalue weighted by Crippen LogP contribution is 2.44. The van der Waals surface area contributed by atoms with Crippen molar-refractivity contribution in [2.75, 3.05) is 17.7 Å². The summed E-state index contributed by atoms with van der Waals surface area (Å²) in [5, 5.41) is 10.4. The third-order valence-corrected chi connectivity index (χ3v) is 7.61. The number of ether oxygens (including phenoxy) is 1. The number of hydrogen-bond acceptors (Lipinski definition) is 6. The minimum Gasteiger partial charge on any atom is -0.375 e.